The van der Waals surface area contributed by atoms with Gasteiger partial charge < -0.3 is 20.1 Å². The zero-order chi connectivity index (χ0) is 48.8. The largest absolute Gasteiger partial charge is 0.472 e. The monoisotopic (exact) mass is 966 g/mol. The van der Waals surface area contributed by atoms with Gasteiger partial charge in [0.2, 0.25) is 0 Å². The van der Waals surface area contributed by atoms with E-state index in [0.29, 0.717) is 12.8 Å². The third-order valence-corrected chi connectivity index (χ3v) is 13.5. The molecule has 0 radical (unpaired) electrons. The van der Waals surface area contributed by atoms with Gasteiger partial charge in [-0.3, -0.25) is 18.6 Å². The lowest BCUT2D eigenvalue weighted by Crippen LogP contribution is -2.29. The van der Waals surface area contributed by atoms with Gasteiger partial charge >= 0.3 is 19.8 Å². The Hall–Kier alpha value is -1.77. The van der Waals surface area contributed by atoms with Gasteiger partial charge in [0.15, 0.2) is 6.10 Å². The van der Waals surface area contributed by atoms with E-state index < -0.39 is 32.5 Å². The van der Waals surface area contributed by atoms with Crippen molar-refractivity contribution in [3.8, 4) is 0 Å². The molecule has 0 rings (SSSR count). The van der Waals surface area contributed by atoms with E-state index in [4.69, 9.17) is 24.3 Å². The number of phosphoric acid groups is 1. The van der Waals surface area contributed by atoms with Crippen LogP contribution in [-0.2, 0) is 32.7 Å². The first-order valence-electron chi connectivity index (χ1n) is 28.5. The number of allylic oxidation sites excluding steroid dienone is 6. The van der Waals surface area contributed by atoms with Gasteiger partial charge in [0.1, 0.15) is 6.61 Å². The molecule has 9 nitrogen and oxygen atoms in total. The highest BCUT2D eigenvalue weighted by Gasteiger charge is 2.26. The molecular weight excluding hydrogens is 858 g/mol. The molecule has 0 aliphatic rings. The van der Waals surface area contributed by atoms with E-state index in [2.05, 4.69) is 50.3 Å². The Balaban J connectivity index is 4.04. The number of carbonyl (C=O) groups is 2. The molecule has 0 aliphatic carbocycles. The van der Waals surface area contributed by atoms with E-state index in [0.717, 1.165) is 38.5 Å². The van der Waals surface area contributed by atoms with Gasteiger partial charge in [-0.25, -0.2) is 4.57 Å². The summed E-state index contributed by atoms with van der Waals surface area (Å²) in [5.41, 5.74) is 5.37. The van der Waals surface area contributed by atoms with Gasteiger partial charge in [0, 0.05) is 19.4 Å². The van der Waals surface area contributed by atoms with Gasteiger partial charge in [0.05, 0.1) is 13.2 Å². The van der Waals surface area contributed by atoms with Crippen molar-refractivity contribution in [2.45, 2.75) is 290 Å². The van der Waals surface area contributed by atoms with Gasteiger partial charge in [0.25, 0.3) is 0 Å². The smallest absolute Gasteiger partial charge is 0.462 e. The normalized spacial score (nSPS) is 13.3. The number of esters is 2. The van der Waals surface area contributed by atoms with Crippen LogP contribution in [0, 0.1) is 0 Å². The maximum absolute atomic E-state index is 12.7. The first-order valence-corrected chi connectivity index (χ1v) is 30.0. The standard InChI is InChI=1S/C57H108NO8P/c1-3-5-7-9-11-13-15-17-19-21-23-25-27-29-31-33-35-37-39-41-43-45-47-49-56(59)63-53-55(54-65-67(61,62)64-52-51-58)66-57(60)50-48-46-44-42-40-38-36-34-32-30-28-26-24-22-20-18-16-14-12-10-8-6-4-2/h33,35,41-44,55H,3-32,34,36-40,45-54,58H2,1-2H3,(H,61,62)/b35-33+,43-41+,44-42+/t55-/m1/s1. The minimum Gasteiger partial charge on any atom is -0.462 e. The van der Waals surface area contributed by atoms with E-state index in [1.54, 1.807) is 0 Å². The highest BCUT2D eigenvalue weighted by molar-refractivity contribution is 7.47. The van der Waals surface area contributed by atoms with E-state index in [1.807, 2.05) is 0 Å². The van der Waals surface area contributed by atoms with Crippen molar-refractivity contribution in [3.05, 3.63) is 36.5 Å². The van der Waals surface area contributed by atoms with Crippen molar-refractivity contribution >= 4 is 19.8 Å². The second-order valence-electron chi connectivity index (χ2n) is 19.1. The molecule has 0 aliphatic heterocycles. The van der Waals surface area contributed by atoms with Crippen molar-refractivity contribution in [1.29, 1.82) is 0 Å². The molecular formula is C57H108NO8P. The lowest BCUT2D eigenvalue weighted by atomic mass is 10.0. The zero-order valence-corrected chi connectivity index (χ0v) is 44.8. The summed E-state index contributed by atoms with van der Waals surface area (Å²) >= 11 is 0. The molecule has 0 saturated carbocycles. The quantitative estimate of drug-likeness (QED) is 0.0264. The highest BCUT2D eigenvalue weighted by Crippen LogP contribution is 2.43. The summed E-state index contributed by atoms with van der Waals surface area (Å²) in [6.45, 7) is 3.72. The number of nitrogens with two attached hydrogens (primary N) is 1. The van der Waals surface area contributed by atoms with Crippen LogP contribution >= 0.6 is 7.82 Å². The summed E-state index contributed by atoms with van der Waals surface area (Å²) < 4.78 is 32.9. The van der Waals surface area contributed by atoms with Gasteiger partial charge in [-0.1, -0.05) is 243 Å². The number of hydrogen-bond donors (Lipinski definition) is 2. The second-order valence-corrected chi connectivity index (χ2v) is 20.6. The Morgan fingerprint density at radius 3 is 1.10 bits per heavy atom. The number of rotatable bonds is 54. The second kappa shape index (κ2) is 53.6. The highest BCUT2D eigenvalue weighted by atomic mass is 31.2. The van der Waals surface area contributed by atoms with Gasteiger partial charge in [-0.2, -0.15) is 0 Å². The Morgan fingerprint density at radius 2 is 0.746 bits per heavy atom. The average molecular weight is 966 g/mol. The number of hydrogen-bond acceptors (Lipinski definition) is 8. The Kier molecular flexibility index (Phi) is 52.2. The molecule has 2 atom stereocenters. The molecule has 394 valence electrons. The Labute approximate surface area is 414 Å². The lowest BCUT2D eigenvalue weighted by molar-refractivity contribution is -0.161. The van der Waals surface area contributed by atoms with Crippen LogP contribution in [0.25, 0.3) is 0 Å². The Morgan fingerprint density at radius 1 is 0.433 bits per heavy atom. The van der Waals surface area contributed by atoms with Crippen LogP contribution in [0.1, 0.15) is 284 Å². The molecule has 10 heteroatoms. The number of carbonyl (C=O) groups excluding carboxylic acids is 2. The third kappa shape index (κ3) is 53.4. The van der Waals surface area contributed by atoms with Crippen LogP contribution in [0.5, 0.6) is 0 Å². The van der Waals surface area contributed by atoms with E-state index in [9.17, 15) is 19.0 Å². The van der Waals surface area contributed by atoms with Crippen LogP contribution in [0.15, 0.2) is 36.5 Å². The molecule has 0 aromatic heterocycles. The Bertz CT molecular complexity index is 1190. The van der Waals surface area contributed by atoms with Crippen LogP contribution in [0.3, 0.4) is 0 Å². The van der Waals surface area contributed by atoms with E-state index >= 15 is 0 Å². The average Bonchev–Trinajstić information content (AvgIpc) is 3.32. The van der Waals surface area contributed by atoms with Crippen molar-refractivity contribution in [2.75, 3.05) is 26.4 Å². The summed E-state index contributed by atoms with van der Waals surface area (Å²) in [6, 6.07) is 0. The first kappa shape index (κ1) is 65.2. The third-order valence-electron chi connectivity index (χ3n) is 12.5. The van der Waals surface area contributed by atoms with Gasteiger partial charge in [-0.15, -0.1) is 0 Å². The van der Waals surface area contributed by atoms with Crippen LogP contribution < -0.4 is 5.73 Å². The number of ether oxygens (including phenoxy) is 2. The molecule has 0 amide bonds. The minimum absolute atomic E-state index is 0.0454. The van der Waals surface area contributed by atoms with Crippen molar-refractivity contribution in [3.63, 3.8) is 0 Å². The van der Waals surface area contributed by atoms with Crippen LogP contribution in [0.2, 0.25) is 0 Å². The first-order chi connectivity index (χ1) is 32.8. The molecule has 0 fully saturated rings. The van der Waals surface area contributed by atoms with Crippen LogP contribution in [0.4, 0.5) is 0 Å². The summed E-state index contributed by atoms with van der Waals surface area (Å²) in [4.78, 5) is 35.1. The molecule has 0 spiro atoms. The molecule has 3 N–H and O–H groups in total. The van der Waals surface area contributed by atoms with E-state index in [-0.39, 0.29) is 32.6 Å². The summed E-state index contributed by atoms with van der Waals surface area (Å²) in [7, 11) is -4.40. The number of phosphoric ester groups is 1. The molecule has 0 aromatic rings. The fourth-order valence-corrected chi connectivity index (χ4v) is 9.02. The van der Waals surface area contributed by atoms with Crippen molar-refractivity contribution in [1.82, 2.24) is 0 Å². The maximum Gasteiger partial charge on any atom is 0.472 e. The molecule has 0 saturated heterocycles. The predicted molar refractivity (Wildman–Crippen MR) is 284 cm³/mol. The van der Waals surface area contributed by atoms with Gasteiger partial charge in [-0.05, 0) is 64.2 Å². The minimum atomic E-state index is -4.40. The fourth-order valence-electron chi connectivity index (χ4n) is 8.25. The molecule has 0 heterocycles. The number of unbranched alkanes of at least 4 members (excludes halogenated alkanes) is 35. The van der Waals surface area contributed by atoms with Crippen molar-refractivity contribution in [2.24, 2.45) is 5.73 Å². The van der Waals surface area contributed by atoms with Crippen molar-refractivity contribution < 1.29 is 37.6 Å². The maximum atomic E-state index is 12.7. The lowest BCUT2D eigenvalue weighted by Gasteiger charge is -2.19. The summed E-state index contributed by atoms with van der Waals surface area (Å²) in [5.74, 6) is -0.903. The zero-order valence-electron chi connectivity index (χ0n) is 43.9. The molecule has 0 bridgehead atoms. The summed E-state index contributed by atoms with van der Waals surface area (Å²) in [5, 5.41) is 0. The van der Waals surface area contributed by atoms with Crippen LogP contribution in [-0.4, -0.2) is 49.3 Å². The SMILES string of the molecule is CCCCCCCCCCCCCCCC/C=C/CC/C=C/CCCC(=O)OC[C@H](COP(=O)(O)OCCN)OC(=O)CCC/C=C/CCCCCCCCCCCCCCCCCCCC. The fraction of sp³-hybridized carbons (Fsp3) is 0.860. The summed E-state index contributed by atoms with van der Waals surface area (Å²) in [6.07, 6.45) is 63.7. The topological polar surface area (TPSA) is 134 Å². The van der Waals surface area contributed by atoms with E-state index in [1.165, 1.54) is 205 Å². The molecule has 67 heavy (non-hydrogen) atoms. The predicted octanol–water partition coefficient (Wildman–Crippen LogP) is 17.6. The molecule has 1 unspecified atom stereocenters. The molecule has 0 aromatic carbocycles.